The number of hydrogen-bond acceptors (Lipinski definition) is 3. The average Bonchev–Trinajstić information content (AvgIpc) is 2.43. The number of carbonyl (C=O) groups is 1. The van der Waals surface area contributed by atoms with E-state index in [2.05, 4.69) is 16.6 Å². The molecular formula is C15H16O3. The van der Waals surface area contributed by atoms with Crippen LogP contribution in [0.25, 0.3) is 0 Å². The summed E-state index contributed by atoms with van der Waals surface area (Å²) in [5, 5.41) is 0. The normalized spacial score (nSPS) is 10.2. The second kappa shape index (κ2) is 7.97. The zero-order valence-electron chi connectivity index (χ0n) is 10.6. The molecule has 0 unspecified atom stereocenters. The van der Waals surface area contributed by atoms with E-state index in [1.54, 1.807) is 6.08 Å². The van der Waals surface area contributed by atoms with Gasteiger partial charge in [-0.2, -0.15) is 0 Å². The Balaban J connectivity index is 2.43. The molecule has 0 aliphatic heterocycles. The molecular weight excluding hydrogens is 228 g/mol. The van der Waals surface area contributed by atoms with Crippen molar-refractivity contribution in [3.8, 4) is 17.6 Å². The van der Waals surface area contributed by atoms with Gasteiger partial charge in [-0.1, -0.05) is 36.1 Å². The maximum atomic E-state index is 11.1. The van der Waals surface area contributed by atoms with Gasteiger partial charge in [-0.3, -0.25) is 4.79 Å². The van der Waals surface area contributed by atoms with E-state index in [1.807, 2.05) is 37.3 Å². The highest BCUT2D eigenvalue weighted by Gasteiger charge is 2.01. The maximum Gasteiger partial charge on any atom is 0.310 e. The third-order valence-corrected chi connectivity index (χ3v) is 2.21. The number of methoxy groups -OCH3 is 1. The van der Waals surface area contributed by atoms with Gasteiger partial charge in [-0.15, -0.1) is 0 Å². The van der Waals surface area contributed by atoms with Crippen LogP contribution in [0.4, 0.5) is 0 Å². The first-order valence-electron chi connectivity index (χ1n) is 5.65. The fourth-order valence-electron chi connectivity index (χ4n) is 1.23. The molecule has 0 heterocycles. The Labute approximate surface area is 107 Å². The molecule has 0 atom stereocenters. The summed E-state index contributed by atoms with van der Waals surface area (Å²) in [7, 11) is 1.36. The van der Waals surface area contributed by atoms with Gasteiger partial charge in [0.05, 0.1) is 13.5 Å². The van der Waals surface area contributed by atoms with Crippen LogP contribution < -0.4 is 4.74 Å². The first-order valence-corrected chi connectivity index (χ1v) is 5.65. The molecule has 94 valence electrons. The van der Waals surface area contributed by atoms with E-state index in [-0.39, 0.29) is 12.4 Å². The lowest BCUT2D eigenvalue weighted by Crippen LogP contribution is -2.01. The van der Waals surface area contributed by atoms with Gasteiger partial charge in [0.25, 0.3) is 0 Å². The molecule has 0 aliphatic carbocycles. The molecule has 1 aromatic carbocycles. The monoisotopic (exact) mass is 244 g/mol. The Bertz CT molecular complexity index is 464. The highest BCUT2D eigenvalue weighted by molar-refractivity contribution is 5.73. The zero-order valence-corrected chi connectivity index (χ0v) is 10.6. The summed E-state index contributed by atoms with van der Waals surface area (Å²) < 4.78 is 9.99. The van der Waals surface area contributed by atoms with Crippen molar-refractivity contribution in [2.45, 2.75) is 13.3 Å². The Kier molecular flexibility index (Phi) is 6.13. The van der Waals surface area contributed by atoms with E-state index in [1.165, 1.54) is 7.11 Å². The largest absolute Gasteiger partial charge is 0.481 e. The smallest absolute Gasteiger partial charge is 0.310 e. The summed E-state index contributed by atoms with van der Waals surface area (Å²) in [5.41, 5.74) is 0.735. The minimum absolute atomic E-state index is 0.200. The van der Waals surface area contributed by atoms with E-state index in [0.29, 0.717) is 6.61 Å². The van der Waals surface area contributed by atoms with E-state index >= 15 is 0 Å². The van der Waals surface area contributed by atoms with Crippen molar-refractivity contribution in [3.63, 3.8) is 0 Å². The fraction of sp³-hybridized carbons (Fsp3) is 0.267. The molecule has 1 aromatic rings. The summed E-state index contributed by atoms with van der Waals surface area (Å²) in [6, 6.07) is 9.46. The van der Waals surface area contributed by atoms with Crippen LogP contribution in [0.15, 0.2) is 42.0 Å². The lowest BCUT2D eigenvalue weighted by molar-refractivity contribution is -0.139. The number of hydrogen-bond donors (Lipinski definition) is 0. The Hall–Kier alpha value is -2.21. The van der Waals surface area contributed by atoms with Crippen LogP contribution in [-0.2, 0) is 9.53 Å². The number of carbonyl (C=O) groups excluding carboxylic acids is 1. The summed E-state index contributed by atoms with van der Waals surface area (Å²) in [5.74, 6) is 6.25. The van der Waals surface area contributed by atoms with Gasteiger partial charge in [0.15, 0.2) is 0 Å². The second-order valence-electron chi connectivity index (χ2n) is 3.47. The van der Waals surface area contributed by atoms with E-state index in [0.717, 1.165) is 11.3 Å². The minimum atomic E-state index is -0.290. The van der Waals surface area contributed by atoms with Crippen molar-refractivity contribution in [1.82, 2.24) is 0 Å². The number of esters is 1. The number of benzene rings is 1. The van der Waals surface area contributed by atoms with Crippen LogP contribution in [0, 0.1) is 11.8 Å². The SMILES string of the molecule is C/C=C(\C#CCOc1ccccc1)CC(=O)OC. The maximum absolute atomic E-state index is 11.1. The van der Waals surface area contributed by atoms with Crippen LogP contribution in [0.5, 0.6) is 5.75 Å². The molecule has 0 spiro atoms. The highest BCUT2D eigenvalue weighted by atomic mass is 16.5. The average molecular weight is 244 g/mol. The Morgan fingerprint density at radius 1 is 1.33 bits per heavy atom. The van der Waals surface area contributed by atoms with E-state index in [9.17, 15) is 4.79 Å². The molecule has 0 saturated carbocycles. The van der Waals surface area contributed by atoms with Gasteiger partial charge in [0.1, 0.15) is 12.4 Å². The Morgan fingerprint density at radius 2 is 2.06 bits per heavy atom. The van der Waals surface area contributed by atoms with Crippen molar-refractivity contribution in [3.05, 3.63) is 42.0 Å². The van der Waals surface area contributed by atoms with Crippen molar-refractivity contribution in [1.29, 1.82) is 0 Å². The van der Waals surface area contributed by atoms with Gasteiger partial charge < -0.3 is 9.47 Å². The minimum Gasteiger partial charge on any atom is -0.481 e. The van der Waals surface area contributed by atoms with Crippen LogP contribution in [0.2, 0.25) is 0 Å². The molecule has 3 nitrogen and oxygen atoms in total. The van der Waals surface area contributed by atoms with Gasteiger partial charge in [-0.05, 0) is 19.1 Å². The molecule has 0 radical (unpaired) electrons. The van der Waals surface area contributed by atoms with Crippen LogP contribution >= 0.6 is 0 Å². The first-order chi connectivity index (χ1) is 8.76. The summed E-state index contributed by atoms with van der Waals surface area (Å²) in [4.78, 5) is 11.1. The summed E-state index contributed by atoms with van der Waals surface area (Å²) in [6.07, 6.45) is 2.00. The second-order valence-corrected chi connectivity index (χ2v) is 3.47. The van der Waals surface area contributed by atoms with Gasteiger partial charge in [-0.25, -0.2) is 0 Å². The molecule has 0 saturated heterocycles. The molecule has 0 aromatic heterocycles. The summed E-state index contributed by atoms with van der Waals surface area (Å²) in [6.45, 7) is 2.13. The molecule has 1 rings (SSSR count). The van der Waals surface area contributed by atoms with Crippen molar-refractivity contribution < 1.29 is 14.3 Å². The lowest BCUT2D eigenvalue weighted by Gasteiger charge is -2.00. The number of ether oxygens (including phenoxy) is 2. The predicted molar refractivity (Wildman–Crippen MR) is 70.1 cm³/mol. The van der Waals surface area contributed by atoms with Gasteiger partial charge in [0, 0.05) is 5.57 Å². The third-order valence-electron chi connectivity index (χ3n) is 2.21. The first kappa shape index (κ1) is 13.9. The standard InChI is InChI=1S/C15H16O3/c1-3-13(12-15(16)17-2)8-7-11-18-14-9-5-4-6-10-14/h3-6,9-10H,11-12H2,1-2H3/b13-3+. The topological polar surface area (TPSA) is 35.5 Å². The Morgan fingerprint density at radius 3 is 2.67 bits per heavy atom. The fourth-order valence-corrected chi connectivity index (χ4v) is 1.23. The van der Waals surface area contributed by atoms with Crippen LogP contribution in [0.3, 0.4) is 0 Å². The molecule has 18 heavy (non-hydrogen) atoms. The van der Waals surface area contributed by atoms with Crippen LogP contribution in [0.1, 0.15) is 13.3 Å². The van der Waals surface area contributed by atoms with Gasteiger partial charge >= 0.3 is 5.97 Å². The van der Waals surface area contributed by atoms with Crippen molar-refractivity contribution in [2.24, 2.45) is 0 Å². The number of para-hydroxylation sites is 1. The quantitative estimate of drug-likeness (QED) is 0.603. The van der Waals surface area contributed by atoms with Crippen molar-refractivity contribution in [2.75, 3.05) is 13.7 Å². The lowest BCUT2D eigenvalue weighted by atomic mass is 10.2. The van der Waals surface area contributed by atoms with Crippen molar-refractivity contribution >= 4 is 5.97 Å². The summed E-state index contributed by atoms with van der Waals surface area (Å²) >= 11 is 0. The molecule has 0 N–H and O–H groups in total. The number of rotatable bonds is 4. The van der Waals surface area contributed by atoms with Crippen LogP contribution in [-0.4, -0.2) is 19.7 Å². The van der Waals surface area contributed by atoms with E-state index < -0.39 is 0 Å². The molecule has 0 fully saturated rings. The highest BCUT2D eigenvalue weighted by Crippen LogP contribution is 2.07. The third kappa shape index (κ3) is 5.22. The zero-order chi connectivity index (χ0) is 13.2. The van der Waals surface area contributed by atoms with E-state index in [4.69, 9.17) is 4.74 Å². The number of allylic oxidation sites excluding steroid dienone is 1. The molecule has 0 aliphatic rings. The van der Waals surface area contributed by atoms with Gasteiger partial charge in [0.2, 0.25) is 0 Å². The molecule has 0 amide bonds. The molecule has 3 heteroatoms. The molecule has 0 bridgehead atoms. The predicted octanol–water partition coefficient (Wildman–Crippen LogP) is 2.58.